The zero-order chi connectivity index (χ0) is 17.7. The zero-order valence-electron chi connectivity index (χ0n) is 14.1. The third kappa shape index (κ3) is 2.49. The van der Waals surface area contributed by atoms with Gasteiger partial charge in [0, 0.05) is 20.2 Å². The molecule has 0 aliphatic rings. The lowest BCUT2D eigenvalue weighted by Crippen LogP contribution is -1.88. The fourth-order valence-corrected chi connectivity index (χ4v) is 5.48. The molecule has 0 N–H and O–H groups in total. The van der Waals surface area contributed by atoms with Crippen molar-refractivity contribution in [2.75, 3.05) is 7.11 Å². The molecule has 0 fully saturated rings. The Hall–Kier alpha value is -2.11. The van der Waals surface area contributed by atoms with E-state index in [-0.39, 0.29) is 0 Å². The van der Waals surface area contributed by atoms with Gasteiger partial charge in [-0.2, -0.15) is 0 Å². The van der Waals surface area contributed by atoms with Crippen molar-refractivity contribution in [3.8, 4) is 16.9 Å². The van der Waals surface area contributed by atoms with Crippen LogP contribution in [0.3, 0.4) is 0 Å². The number of hydrogen-bond donors (Lipinski definition) is 0. The molecule has 3 heteroatoms. The van der Waals surface area contributed by atoms with Crippen LogP contribution in [-0.4, -0.2) is 7.11 Å². The van der Waals surface area contributed by atoms with Crippen LogP contribution in [0.5, 0.6) is 5.75 Å². The summed E-state index contributed by atoms with van der Waals surface area (Å²) < 4.78 is 9.22. The van der Waals surface area contributed by atoms with Crippen LogP contribution < -0.4 is 4.74 Å². The van der Waals surface area contributed by atoms with E-state index in [2.05, 4.69) is 95.4 Å². The molecule has 0 atom stereocenters. The maximum atomic E-state index is 5.42. The van der Waals surface area contributed by atoms with E-state index in [1.165, 1.54) is 42.1 Å². The van der Waals surface area contributed by atoms with E-state index in [4.69, 9.17) is 4.74 Å². The summed E-state index contributed by atoms with van der Waals surface area (Å²) >= 11 is 4.21. The molecule has 0 aliphatic heterocycles. The largest absolute Gasteiger partial charge is 0.496 e. The topological polar surface area (TPSA) is 9.23 Å². The number of halogens is 1. The van der Waals surface area contributed by atoms with Crippen molar-refractivity contribution in [1.29, 1.82) is 0 Å². The molecule has 1 aromatic heterocycles. The average Bonchev–Trinajstić information content (AvgIpc) is 3.03. The van der Waals surface area contributed by atoms with Crippen LogP contribution in [0.25, 0.3) is 42.1 Å². The monoisotopic (exact) mass is 466 g/mol. The highest BCUT2D eigenvalue weighted by atomic mass is 127. The summed E-state index contributed by atoms with van der Waals surface area (Å²) in [6, 6.07) is 26.3. The molecule has 1 heterocycles. The number of benzene rings is 4. The van der Waals surface area contributed by atoms with Gasteiger partial charge in [0.05, 0.1) is 10.7 Å². The number of hydrogen-bond acceptors (Lipinski definition) is 2. The smallest absolute Gasteiger partial charge is 0.132 e. The molecule has 1 nitrogen and oxygen atoms in total. The van der Waals surface area contributed by atoms with E-state index in [1.54, 1.807) is 7.11 Å². The lowest BCUT2D eigenvalue weighted by Gasteiger charge is -2.08. The Morgan fingerprint density at radius 1 is 0.808 bits per heavy atom. The van der Waals surface area contributed by atoms with Crippen LogP contribution in [0.15, 0.2) is 72.8 Å². The van der Waals surface area contributed by atoms with Gasteiger partial charge in [-0.25, -0.2) is 0 Å². The molecule has 0 bridgehead atoms. The normalized spacial score (nSPS) is 11.5. The average molecular weight is 466 g/mol. The molecule has 0 radical (unpaired) electrons. The number of thiophene rings is 1. The molecule has 4 aromatic carbocycles. The lowest BCUT2D eigenvalue weighted by atomic mass is 9.98. The van der Waals surface area contributed by atoms with Crippen molar-refractivity contribution < 1.29 is 4.74 Å². The molecule has 126 valence electrons. The highest BCUT2D eigenvalue weighted by Gasteiger charge is 2.13. The van der Waals surface area contributed by atoms with Gasteiger partial charge in [0.1, 0.15) is 5.75 Å². The van der Waals surface area contributed by atoms with Gasteiger partial charge < -0.3 is 4.74 Å². The van der Waals surface area contributed by atoms with Crippen molar-refractivity contribution >= 4 is 64.9 Å². The van der Waals surface area contributed by atoms with E-state index in [1.807, 2.05) is 11.3 Å². The van der Waals surface area contributed by atoms with Crippen LogP contribution in [0, 0.1) is 3.57 Å². The van der Waals surface area contributed by atoms with Gasteiger partial charge in [-0.3, -0.25) is 0 Å². The van der Waals surface area contributed by atoms with E-state index < -0.39 is 0 Å². The number of fused-ring (bicyclic) bond motifs is 4. The first-order valence-electron chi connectivity index (χ1n) is 8.42. The fraction of sp³-hybridized carbons (Fsp3) is 0.0435. The highest BCUT2D eigenvalue weighted by molar-refractivity contribution is 14.1. The first kappa shape index (κ1) is 16.1. The Balaban J connectivity index is 1.85. The molecule has 0 amide bonds. The van der Waals surface area contributed by atoms with Crippen LogP contribution in [0.1, 0.15) is 0 Å². The summed E-state index contributed by atoms with van der Waals surface area (Å²) in [5.41, 5.74) is 2.51. The molecular formula is C23H15IOS. The minimum absolute atomic E-state index is 0.919. The predicted octanol–water partition coefficient (Wildman–Crippen LogP) is 7.49. The summed E-state index contributed by atoms with van der Waals surface area (Å²) in [7, 11) is 1.72. The summed E-state index contributed by atoms with van der Waals surface area (Å²) in [6.07, 6.45) is 0. The molecule has 26 heavy (non-hydrogen) atoms. The first-order valence-corrected chi connectivity index (χ1v) is 10.3. The van der Waals surface area contributed by atoms with Crippen molar-refractivity contribution in [1.82, 2.24) is 0 Å². The van der Waals surface area contributed by atoms with Crippen LogP contribution in [0.4, 0.5) is 0 Å². The standard InChI is InChI=1S/C23H15IOS/c1-25-20-10-9-16(12-19(20)24)17-7-4-8-21-23(17)18-11-14-5-2-3-6-15(14)13-22(18)26-21/h2-13H,1H3. The maximum Gasteiger partial charge on any atom is 0.132 e. The number of ether oxygens (including phenoxy) is 1. The summed E-state index contributed by atoms with van der Waals surface area (Å²) in [6.45, 7) is 0. The van der Waals surface area contributed by atoms with Crippen molar-refractivity contribution in [3.63, 3.8) is 0 Å². The fourth-order valence-electron chi connectivity index (χ4n) is 3.59. The molecular weight excluding hydrogens is 451 g/mol. The Morgan fingerprint density at radius 2 is 1.62 bits per heavy atom. The van der Waals surface area contributed by atoms with E-state index in [0.29, 0.717) is 0 Å². The van der Waals surface area contributed by atoms with Crippen LogP contribution in [0.2, 0.25) is 0 Å². The Morgan fingerprint density at radius 3 is 2.38 bits per heavy atom. The van der Waals surface area contributed by atoms with Crippen LogP contribution in [-0.2, 0) is 0 Å². The third-order valence-electron chi connectivity index (χ3n) is 4.83. The van der Waals surface area contributed by atoms with Gasteiger partial charge in [-0.1, -0.05) is 42.5 Å². The molecule has 5 rings (SSSR count). The summed E-state index contributed by atoms with van der Waals surface area (Å²) in [4.78, 5) is 0. The van der Waals surface area contributed by atoms with E-state index in [0.717, 1.165) is 9.32 Å². The Labute approximate surface area is 169 Å². The second-order valence-corrected chi connectivity index (χ2v) is 8.57. The van der Waals surface area contributed by atoms with Gasteiger partial charge in [-0.05, 0) is 74.8 Å². The number of rotatable bonds is 2. The Bertz CT molecular complexity index is 1290. The van der Waals surface area contributed by atoms with E-state index >= 15 is 0 Å². The number of methoxy groups -OCH3 is 1. The van der Waals surface area contributed by atoms with Gasteiger partial charge in [0.25, 0.3) is 0 Å². The second-order valence-electron chi connectivity index (χ2n) is 6.33. The molecule has 0 spiro atoms. The summed E-state index contributed by atoms with van der Waals surface area (Å²) in [5, 5.41) is 5.27. The van der Waals surface area contributed by atoms with Crippen molar-refractivity contribution in [2.45, 2.75) is 0 Å². The minimum atomic E-state index is 0.919. The van der Waals surface area contributed by atoms with Gasteiger partial charge in [0.2, 0.25) is 0 Å². The van der Waals surface area contributed by atoms with Crippen LogP contribution >= 0.6 is 33.9 Å². The first-order chi connectivity index (χ1) is 12.7. The second kappa shape index (κ2) is 6.25. The lowest BCUT2D eigenvalue weighted by molar-refractivity contribution is 0.412. The van der Waals surface area contributed by atoms with E-state index in [9.17, 15) is 0 Å². The van der Waals surface area contributed by atoms with Gasteiger partial charge in [-0.15, -0.1) is 11.3 Å². The molecule has 0 saturated heterocycles. The predicted molar refractivity (Wildman–Crippen MR) is 122 cm³/mol. The molecule has 0 unspecified atom stereocenters. The quantitative estimate of drug-likeness (QED) is 0.245. The SMILES string of the molecule is COc1ccc(-c2cccc3sc4cc5ccccc5cc4c23)cc1I. The van der Waals surface area contributed by atoms with Gasteiger partial charge in [0.15, 0.2) is 0 Å². The third-order valence-corrected chi connectivity index (χ3v) is 6.79. The molecule has 0 saturated carbocycles. The maximum absolute atomic E-state index is 5.42. The summed E-state index contributed by atoms with van der Waals surface area (Å²) in [5.74, 6) is 0.919. The molecule has 5 aromatic rings. The van der Waals surface area contributed by atoms with Crippen molar-refractivity contribution in [3.05, 3.63) is 76.4 Å². The highest BCUT2D eigenvalue weighted by Crippen LogP contribution is 2.42. The Kier molecular flexibility index (Phi) is 3.87. The van der Waals surface area contributed by atoms with Crippen molar-refractivity contribution in [2.24, 2.45) is 0 Å². The molecule has 0 aliphatic carbocycles. The zero-order valence-corrected chi connectivity index (χ0v) is 17.1. The minimum Gasteiger partial charge on any atom is -0.496 e. The van der Waals surface area contributed by atoms with Gasteiger partial charge >= 0.3 is 0 Å².